The molecule has 2 aromatic rings. The fraction of sp³-hybridized carbons (Fsp3) is 0.188. The molecule has 1 aliphatic heterocycles. The van der Waals surface area contributed by atoms with Gasteiger partial charge in [0.25, 0.3) is 0 Å². The Morgan fingerprint density at radius 3 is 2.81 bits per heavy atom. The van der Waals surface area contributed by atoms with Gasteiger partial charge in [0.15, 0.2) is 0 Å². The van der Waals surface area contributed by atoms with E-state index in [1.807, 2.05) is 24.3 Å². The van der Waals surface area contributed by atoms with Crippen LogP contribution in [0.15, 0.2) is 40.9 Å². The van der Waals surface area contributed by atoms with E-state index < -0.39 is 0 Å². The van der Waals surface area contributed by atoms with Crippen LogP contribution in [0.3, 0.4) is 0 Å². The highest BCUT2D eigenvalue weighted by Gasteiger charge is 2.19. The van der Waals surface area contributed by atoms with Crippen LogP contribution in [0.25, 0.3) is 0 Å². The lowest BCUT2D eigenvalue weighted by Gasteiger charge is -2.20. The number of anilines is 1. The van der Waals surface area contributed by atoms with Gasteiger partial charge in [-0.25, -0.2) is 0 Å². The Morgan fingerprint density at radius 2 is 2.00 bits per heavy atom. The summed E-state index contributed by atoms with van der Waals surface area (Å²) in [6.07, 6.45) is 1.31. The van der Waals surface area contributed by atoms with Gasteiger partial charge in [-0.15, -0.1) is 11.6 Å². The Hall–Kier alpha value is -0.590. The van der Waals surface area contributed by atoms with Gasteiger partial charge in [0.05, 0.1) is 5.38 Å². The van der Waals surface area contributed by atoms with E-state index in [-0.39, 0.29) is 11.3 Å². The van der Waals surface area contributed by atoms with Crippen molar-refractivity contribution in [3.05, 3.63) is 61.1 Å². The normalized spacial score (nSPS) is 15.3. The Labute approximate surface area is 150 Å². The molecule has 0 spiro atoms. The maximum Gasteiger partial charge on any atom is 0.224 e. The molecule has 0 saturated carbocycles. The average molecular weight is 477 g/mol. The molecule has 108 valence electrons. The highest BCUT2D eigenvalue weighted by molar-refractivity contribution is 14.1. The lowest BCUT2D eigenvalue weighted by molar-refractivity contribution is -0.116. The van der Waals surface area contributed by atoms with Crippen molar-refractivity contribution in [1.29, 1.82) is 0 Å². The second-order valence-electron chi connectivity index (χ2n) is 4.99. The van der Waals surface area contributed by atoms with Crippen molar-refractivity contribution in [1.82, 2.24) is 0 Å². The predicted octanol–water partition coefficient (Wildman–Crippen LogP) is 5.27. The van der Waals surface area contributed by atoms with Gasteiger partial charge in [-0.3, -0.25) is 4.79 Å². The molecule has 0 fully saturated rings. The Morgan fingerprint density at radius 1 is 1.19 bits per heavy atom. The highest BCUT2D eigenvalue weighted by atomic mass is 127. The van der Waals surface area contributed by atoms with E-state index in [4.69, 9.17) is 11.6 Å². The minimum Gasteiger partial charge on any atom is -0.326 e. The van der Waals surface area contributed by atoms with Crippen LogP contribution in [0.4, 0.5) is 5.69 Å². The third kappa shape index (κ3) is 3.27. The average Bonchev–Trinajstić information content (AvgIpc) is 2.48. The molecule has 1 atom stereocenters. The molecule has 2 nitrogen and oxygen atoms in total. The molecule has 1 aliphatic rings. The van der Waals surface area contributed by atoms with Gasteiger partial charge in [0.2, 0.25) is 5.91 Å². The van der Waals surface area contributed by atoms with E-state index in [9.17, 15) is 4.79 Å². The van der Waals surface area contributed by atoms with E-state index in [2.05, 4.69) is 56.0 Å². The molecule has 1 heterocycles. The van der Waals surface area contributed by atoms with E-state index in [1.165, 1.54) is 0 Å². The van der Waals surface area contributed by atoms with Gasteiger partial charge in [-0.05, 0) is 70.0 Å². The number of carbonyl (C=O) groups excluding carboxylic acids is 1. The third-order valence-corrected chi connectivity index (χ3v) is 5.43. The first kappa shape index (κ1) is 15.3. The smallest absolute Gasteiger partial charge is 0.224 e. The van der Waals surface area contributed by atoms with Crippen LogP contribution in [0, 0.1) is 3.57 Å². The van der Waals surface area contributed by atoms with Crippen molar-refractivity contribution in [2.24, 2.45) is 0 Å². The third-order valence-electron chi connectivity index (χ3n) is 3.55. The molecule has 5 heteroatoms. The first-order valence-electron chi connectivity index (χ1n) is 6.56. The van der Waals surface area contributed by atoms with Crippen LogP contribution in [0.5, 0.6) is 0 Å². The fourth-order valence-corrected chi connectivity index (χ4v) is 3.89. The zero-order chi connectivity index (χ0) is 15.0. The number of carbonyl (C=O) groups is 1. The summed E-state index contributed by atoms with van der Waals surface area (Å²) in [6.45, 7) is 0. The summed E-state index contributed by atoms with van der Waals surface area (Å²) < 4.78 is 2.16. The van der Waals surface area contributed by atoms with Gasteiger partial charge in [0, 0.05) is 20.2 Å². The summed E-state index contributed by atoms with van der Waals surface area (Å²) in [7, 11) is 0. The quantitative estimate of drug-likeness (QED) is 0.465. The second-order valence-corrected chi connectivity index (χ2v) is 7.53. The zero-order valence-electron chi connectivity index (χ0n) is 11.0. The van der Waals surface area contributed by atoms with E-state index in [0.29, 0.717) is 6.42 Å². The number of hydrogen-bond donors (Lipinski definition) is 1. The number of hydrogen-bond acceptors (Lipinski definition) is 1. The molecule has 0 saturated heterocycles. The molecular formula is C16H12BrClINO. The Bertz CT molecular complexity index is 719. The molecule has 2 aromatic carbocycles. The van der Waals surface area contributed by atoms with Crippen LogP contribution in [-0.2, 0) is 11.2 Å². The molecule has 3 rings (SSSR count). The minimum absolute atomic E-state index is 0.0815. The molecular weight excluding hydrogens is 464 g/mol. The van der Waals surface area contributed by atoms with E-state index >= 15 is 0 Å². The van der Waals surface area contributed by atoms with Crippen LogP contribution < -0.4 is 5.32 Å². The van der Waals surface area contributed by atoms with Gasteiger partial charge in [0.1, 0.15) is 0 Å². The van der Waals surface area contributed by atoms with Crippen molar-refractivity contribution in [2.45, 2.75) is 18.2 Å². The molecule has 0 bridgehead atoms. The van der Waals surface area contributed by atoms with Gasteiger partial charge in [-0.1, -0.05) is 28.1 Å². The second kappa shape index (κ2) is 6.26. The molecule has 1 amide bonds. The van der Waals surface area contributed by atoms with Crippen LogP contribution >= 0.6 is 50.1 Å². The number of benzene rings is 2. The summed E-state index contributed by atoms with van der Waals surface area (Å²) in [5, 5.41) is 2.68. The van der Waals surface area contributed by atoms with E-state index in [1.54, 1.807) is 0 Å². The summed E-state index contributed by atoms with van der Waals surface area (Å²) in [5.41, 5.74) is 4.16. The molecule has 1 unspecified atom stereocenters. The van der Waals surface area contributed by atoms with Crippen molar-refractivity contribution in [3.63, 3.8) is 0 Å². The number of nitrogens with one attached hydrogen (secondary N) is 1. The topological polar surface area (TPSA) is 29.1 Å². The zero-order valence-corrected chi connectivity index (χ0v) is 15.5. The predicted molar refractivity (Wildman–Crippen MR) is 97.9 cm³/mol. The lowest BCUT2D eigenvalue weighted by Crippen LogP contribution is -2.19. The molecule has 21 heavy (non-hydrogen) atoms. The maximum atomic E-state index is 11.4. The lowest BCUT2D eigenvalue weighted by atomic mass is 9.97. The molecule has 0 radical (unpaired) electrons. The first-order chi connectivity index (χ1) is 10.0. The number of fused-ring (bicyclic) bond motifs is 1. The standard InChI is InChI=1S/C16H12BrClINO/c17-13-4-3-11(19)8-12(13)16(18)10-1-5-14-9(7-10)2-6-15(21)20-14/h1,3-5,7-8,16H,2,6H2,(H,20,21). The fourth-order valence-electron chi connectivity index (χ4n) is 2.45. The summed E-state index contributed by atoms with van der Waals surface area (Å²) in [4.78, 5) is 11.4. The van der Waals surface area contributed by atoms with Crippen LogP contribution in [-0.4, -0.2) is 5.91 Å². The summed E-state index contributed by atoms with van der Waals surface area (Å²) >= 11 is 12.5. The Kier molecular flexibility index (Phi) is 4.57. The number of rotatable bonds is 2. The molecule has 0 aromatic heterocycles. The molecule has 1 N–H and O–H groups in total. The van der Waals surface area contributed by atoms with Crippen molar-refractivity contribution in [3.8, 4) is 0 Å². The SMILES string of the molecule is O=C1CCc2cc(C(Cl)c3cc(I)ccc3Br)ccc2N1. The largest absolute Gasteiger partial charge is 0.326 e. The number of alkyl halides is 1. The minimum atomic E-state index is -0.211. The summed E-state index contributed by atoms with van der Waals surface area (Å²) in [6, 6.07) is 12.2. The number of amides is 1. The van der Waals surface area contributed by atoms with Crippen LogP contribution in [0.1, 0.15) is 28.5 Å². The summed E-state index contributed by atoms with van der Waals surface area (Å²) in [5.74, 6) is 0.0815. The first-order valence-corrected chi connectivity index (χ1v) is 8.87. The van der Waals surface area contributed by atoms with Gasteiger partial charge >= 0.3 is 0 Å². The molecule has 0 aliphatic carbocycles. The number of aryl methyl sites for hydroxylation is 1. The van der Waals surface area contributed by atoms with Crippen molar-refractivity contribution < 1.29 is 4.79 Å². The van der Waals surface area contributed by atoms with Gasteiger partial charge in [-0.2, -0.15) is 0 Å². The monoisotopic (exact) mass is 475 g/mol. The number of halogens is 3. The highest BCUT2D eigenvalue weighted by Crippen LogP contribution is 2.36. The van der Waals surface area contributed by atoms with Gasteiger partial charge < -0.3 is 5.32 Å². The van der Waals surface area contributed by atoms with E-state index in [0.717, 1.165) is 36.8 Å². The van der Waals surface area contributed by atoms with Crippen molar-refractivity contribution in [2.75, 3.05) is 5.32 Å². The maximum absolute atomic E-state index is 11.4. The van der Waals surface area contributed by atoms with Crippen LogP contribution in [0.2, 0.25) is 0 Å². The van der Waals surface area contributed by atoms with Crippen molar-refractivity contribution >= 4 is 61.7 Å². The Balaban J connectivity index is 1.97.